The number of halogens is 1. The summed E-state index contributed by atoms with van der Waals surface area (Å²) in [7, 11) is 0. The quantitative estimate of drug-likeness (QED) is 0.365. The highest BCUT2D eigenvalue weighted by molar-refractivity contribution is 6.04. The van der Waals surface area contributed by atoms with E-state index in [-0.39, 0.29) is 11.5 Å². The molecule has 4 rings (SSSR count). The summed E-state index contributed by atoms with van der Waals surface area (Å²) in [4.78, 5) is 27.5. The highest BCUT2D eigenvalue weighted by atomic mass is 19.1. The van der Waals surface area contributed by atoms with Crippen molar-refractivity contribution in [3.8, 4) is 0 Å². The molecule has 0 aliphatic carbocycles. The number of carbonyl (C=O) groups is 2. The van der Waals surface area contributed by atoms with Crippen molar-refractivity contribution >= 4 is 17.5 Å². The standard InChI is InChI=1S/C29H26FN3O2/c30-26-11-5-10-25(17-26)28(34)32-27-14-12-21(13-15-27)19-33(29(35)24-8-2-1-3-9-24)20-23-7-4-6-22(16-23)18-31/h1-17H,18-20,31H2,(H,32,34). The van der Waals surface area contributed by atoms with Crippen molar-refractivity contribution in [2.75, 3.05) is 5.32 Å². The third-order valence-electron chi connectivity index (χ3n) is 5.58. The number of rotatable bonds is 8. The van der Waals surface area contributed by atoms with Crippen LogP contribution in [0.1, 0.15) is 37.4 Å². The van der Waals surface area contributed by atoms with Crippen LogP contribution in [0.5, 0.6) is 0 Å². The van der Waals surface area contributed by atoms with Gasteiger partial charge in [0, 0.05) is 36.4 Å². The van der Waals surface area contributed by atoms with Gasteiger partial charge in [-0.1, -0.05) is 60.7 Å². The molecule has 35 heavy (non-hydrogen) atoms. The van der Waals surface area contributed by atoms with E-state index in [0.717, 1.165) is 16.7 Å². The fraction of sp³-hybridized carbons (Fsp3) is 0.103. The van der Waals surface area contributed by atoms with Crippen LogP contribution in [-0.2, 0) is 19.6 Å². The molecule has 0 aromatic heterocycles. The van der Waals surface area contributed by atoms with Gasteiger partial charge in [0.1, 0.15) is 5.82 Å². The van der Waals surface area contributed by atoms with Crippen LogP contribution in [0, 0.1) is 5.82 Å². The minimum absolute atomic E-state index is 0.0766. The first-order valence-electron chi connectivity index (χ1n) is 11.3. The normalized spacial score (nSPS) is 10.6. The zero-order chi connectivity index (χ0) is 24.6. The average molecular weight is 468 g/mol. The summed E-state index contributed by atoms with van der Waals surface area (Å²) in [6.45, 7) is 1.25. The zero-order valence-corrected chi connectivity index (χ0v) is 19.2. The van der Waals surface area contributed by atoms with Gasteiger partial charge in [0.25, 0.3) is 11.8 Å². The van der Waals surface area contributed by atoms with Crippen molar-refractivity contribution in [1.29, 1.82) is 0 Å². The SMILES string of the molecule is NCc1cccc(CN(Cc2ccc(NC(=O)c3cccc(F)c3)cc2)C(=O)c2ccccc2)c1. The van der Waals surface area contributed by atoms with Gasteiger partial charge in [-0.05, 0) is 59.2 Å². The molecular formula is C29H26FN3O2. The number of benzene rings is 4. The largest absolute Gasteiger partial charge is 0.330 e. The van der Waals surface area contributed by atoms with Gasteiger partial charge in [-0.25, -0.2) is 4.39 Å². The van der Waals surface area contributed by atoms with Crippen LogP contribution in [0.25, 0.3) is 0 Å². The molecular weight excluding hydrogens is 441 g/mol. The van der Waals surface area contributed by atoms with Crippen molar-refractivity contribution < 1.29 is 14.0 Å². The number of hydrogen-bond donors (Lipinski definition) is 2. The van der Waals surface area contributed by atoms with E-state index in [9.17, 15) is 14.0 Å². The molecule has 3 N–H and O–H groups in total. The first-order valence-corrected chi connectivity index (χ1v) is 11.3. The first kappa shape index (κ1) is 23.9. The summed E-state index contributed by atoms with van der Waals surface area (Å²) in [5, 5.41) is 2.77. The molecule has 0 unspecified atom stereocenters. The van der Waals surface area contributed by atoms with Gasteiger partial charge in [0.2, 0.25) is 0 Å². The summed E-state index contributed by atoms with van der Waals surface area (Å²) in [5.74, 6) is -0.932. The minimum atomic E-state index is -0.465. The van der Waals surface area contributed by atoms with Crippen LogP contribution in [0.2, 0.25) is 0 Å². The monoisotopic (exact) mass is 467 g/mol. The number of amides is 2. The zero-order valence-electron chi connectivity index (χ0n) is 19.2. The number of nitrogens with one attached hydrogen (secondary N) is 1. The maximum atomic E-state index is 13.4. The lowest BCUT2D eigenvalue weighted by Gasteiger charge is -2.24. The van der Waals surface area contributed by atoms with Gasteiger partial charge in [0.15, 0.2) is 0 Å². The molecule has 4 aromatic carbocycles. The van der Waals surface area contributed by atoms with E-state index >= 15 is 0 Å². The van der Waals surface area contributed by atoms with Crippen molar-refractivity contribution in [1.82, 2.24) is 4.90 Å². The number of anilines is 1. The fourth-order valence-corrected chi connectivity index (χ4v) is 3.79. The number of nitrogens with zero attached hydrogens (tertiary/aromatic N) is 1. The Kier molecular flexibility index (Phi) is 7.65. The summed E-state index contributed by atoms with van der Waals surface area (Å²) in [5.41, 5.74) is 10.1. The van der Waals surface area contributed by atoms with Gasteiger partial charge in [-0.15, -0.1) is 0 Å². The van der Waals surface area contributed by atoms with Crippen LogP contribution >= 0.6 is 0 Å². The molecule has 4 aromatic rings. The van der Waals surface area contributed by atoms with E-state index < -0.39 is 11.7 Å². The van der Waals surface area contributed by atoms with E-state index in [1.807, 2.05) is 54.6 Å². The lowest BCUT2D eigenvalue weighted by atomic mass is 10.1. The Morgan fingerprint density at radius 2 is 1.37 bits per heavy atom. The molecule has 176 valence electrons. The van der Waals surface area contributed by atoms with Crippen LogP contribution in [0.15, 0.2) is 103 Å². The molecule has 0 saturated heterocycles. The molecule has 2 amide bonds. The molecule has 0 aliphatic heterocycles. The van der Waals surface area contributed by atoms with Crippen LogP contribution in [0.4, 0.5) is 10.1 Å². The van der Waals surface area contributed by atoms with E-state index in [0.29, 0.717) is 30.9 Å². The summed E-state index contributed by atoms with van der Waals surface area (Å²) >= 11 is 0. The second-order valence-corrected chi connectivity index (χ2v) is 8.21. The van der Waals surface area contributed by atoms with E-state index in [4.69, 9.17) is 5.73 Å². The molecule has 0 saturated carbocycles. The Morgan fingerprint density at radius 1 is 0.714 bits per heavy atom. The molecule has 0 radical (unpaired) electrons. The molecule has 5 nitrogen and oxygen atoms in total. The third kappa shape index (κ3) is 6.40. The molecule has 0 fully saturated rings. The molecule has 0 spiro atoms. The van der Waals surface area contributed by atoms with Gasteiger partial charge >= 0.3 is 0 Å². The van der Waals surface area contributed by atoms with E-state index in [1.54, 1.807) is 35.2 Å². The predicted octanol–water partition coefficient (Wildman–Crippen LogP) is 5.38. The Labute approximate surface area is 204 Å². The number of hydrogen-bond acceptors (Lipinski definition) is 3. The Hall–Kier alpha value is -4.29. The molecule has 0 bridgehead atoms. The van der Waals surface area contributed by atoms with Gasteiger partial charge in [-0.3, -0.25) is 9.59 Å². The van der Waals surface area contributed by atoms with Gasteiger partial charge < -0.3 is 16.0 Å². The third-order valence-corrected chi connectivity index (χ3v) is 5.58. The molecule has 0 aliphatic rings. The Balaban J connectivity index is 1.50. The minimum Gasteiger partial charge on any atom is -0.330 e. The van der Waals surface area contributed by atoms with Gasteiger partial charge in [0.05, 0.1) is 0 Å². The fourth-order valence-electron chi connectivity index (χ4n) is 3.79. The van der Waals surface area contributed by atoms with Crippen molar-refractivity contribution in [3.63, 3.8) is 0 Å². The molecule has 6 heteroatoms. The topological polar surface area (TPSA) is 75.4 Å². The van der Waals surface area contributed by atoms with Crippen LogP contribution in [0.3, 0.4) is 0 Å². The summed E-state index contributed by atoms with van der Waals surface area (Å²) in [6.07, 6.45) is 0. The lowest BCUT2D eigenvalue weighted by Crippen LogP contribution is -2.30. The Morgan fingerprint density at radius 3 is 2.09 bits per heavy atom. The van der Waals surface area contributed by atoms with E-state index in [2.05, 4.69) is 5.32 Å². The highest BCUT2D eigenvalue weighted by Gasteiger charge is 2.17. The maximum Gasteiger partial charge on any atom is 0.255 e. The van der Waals surface area contributed by atoms with Crippen molar-refractivity contribution in [2.24, 2.45) is 5.73 Å². The highest BCUT2D eigenvalue weighted by Crippen LogP contribution is 2.18. The van der Waals surface area contributed by atoms with Crippen LogP contribution < -0.4 is 11.1 Å². The first-order chi connectivity index (χ1) is 17.0. The average Bonchev–Trinajstić information content (AvgIpc) is 2.89. The Bertz CT molecular complexity index is 1310. The lowest BCUT2D eigenvalue weighted by molar-refractivity contribution is 0.0730. The smallest absolute Gasteiger partial charge is 0.255 e. The second kappa shape index (κ2) is 11.2. The van der Waals surface area contributed by atoms with Gasteiger partial charge in [-0.2, -0.15) is 0 Å². The second-order valence-electron chi connectivity index (χ2n) is 8.21. The van der Waals surface area contributed by atoms with Crippen molar-refractivity contribution in [3.05, 3.63) is 137 Å². The number of carbonyl (C=O) groups excluding carboxylic acids is 2. The van der Waals surface area contributed by atoms with E-state index in [1.165, 1.54) is 18.2 Å². The molecule has 0 atom stereocenters. The summed E-state index contributed by atoms with van der Waals surface area (Å²) < 4.78 is 13.4. The predicted molar refractivity (Wildman–Crippen MR) is 135 cm³/mol. The summed E-state index contributed by atoms with van der Waals surface area (Å²) in [6, 6.07) is 29.9. The molecule has 0 heterocycles. The van der Waals surface area contributed by atoms with Crippen LogP contribution in [-0.4, -0.2) is 16.7 Å². The van der Waals surface area contributed by atoms with Crippen molar-refractivity contribution in [2.45, 2.75) is 19.6 Å². The maximum absolute atomic E-state index is 13.4. The number of nitrogens with two attached hydrogens (primary N) is 1.